The standard InChI is InChI=1S/C24H27N5O2S/c1-17-18(2)26-23(20-8-5-12-25-15-20)27-24(17)28-13-6-9-21(16-28)32(30,31)29-14-11-19-7-3-4-10-22(19)29/h3-5,7-8,10,12,15,21H,6,9,11,13-14,16H2,1-2H3. The molecule has 1 atom stereocenters. The zero-order valence-electron chi connectivity index (χ0n) is 18.4. The van der Waals surface area contributed by atoms with Gasteiger partial charge in [-0.2, -0.15) is 0 Å². The molecule has 5 rings (SSSR count). The van der Waals surface area contributed by atoms with E-state index in [0.717, 1.165) is 53.3 Å². The molecular formula is C24H27N5O2S. The van der Waals surface area contributed by atoms with Gasteiger partial charge in [-0.15, -0.1) is 0 Å². The van der Waals surface area contributed by atoms with Crippen molar-refractivity contribution in [2.45, 2.75) is 38.4 Å². The molecule has 2 aliphatic heterocycles. The Morgan fingerprint density at radius 3 is 2.69 bits per heavy atom. The van der Waals surface area contributed by atoms with Crippen molar-refractivity contribution in [3.8, 4) is 11.4 Å². The molecular weight excluding hydrogens is 422 g/mol. The summed E-state index contributed by atoms with van der Waals surface area (Å²) in [5.41, 5.74) is 4.67. The first-order valence-electron chi connectivity index (χ1n) is 11.0. The second-order valence-electron chi connectivity index (χ2n) is 8.53. The number of benzene rings is 1. The largest absolute Gasteiger partial charge is 0.355 e. The van der Waals surface area contributed by atoms with Gasteiger partial charge in [0.05, 0.1) is 10.9 Å². The van der Waals surface area contributed by atoms with E-state index in [1.54, 1.807) is 16.7 Å². The minimum atomic E-state index is -3.46. The van der Waals surface area contributed by atoms with Crippen molar-refractivity contribution in [3.05, 3.63) is 65.6 Å². The molecule has 2 aromatic heterocycles. The average molecular weight is 450 g/mol. The molecule has 4 heterocycles. The summed E-state index contributed by atoms with van der Waals surface area (Å²) in [5, 5.41) is -0.459. The highest BCUT2D eigenvalue weighted by Gasteiger charge is 2.38. The summed E-state index contributed by atoms with van der Waals surface area (Å²) < 4.78 is 28.9. The number of fused-ring (bicyclic) bond motifs is 1. The van der Waals surface area contributed by atoms with E-state index in [9.17, 15) is 8.42 Å². The molecule has 1 saturated heterocycles. The average Bonchev–Trinajstić information content (AvgIpc) is 3.26. The lowest BCUT2D eigenvalue weighted by Crippen LogP contribution is -2.48. The van der Waals surface area contributed by atoms with Gasteiger partial charge in [-0.3, -0.25) is 9.29 Å². The molecule has 0 spiro atoms. The normalized spacial score (nSPS) is 18.6. The minimum absolute atomic E-state index is 0.435. The molecule has 0 N–H and O–H groups in total. The number of hydrogen-bond donors (Lipinski definition) is 0. The summed E-state index contributed by atoms with van der Waals surface area (Å²) in [6.45, 7) is 5.72. The van der Waals surface area contributed by atoms with Gasteiger partial charge in [-0.05, 0) is 56.9 Å². The van der Waals surface area contributed by atoms with Gasteiger partial charge in [0, 0.05) is 48.8 Å². The predicted octanol–water partition coefficient (Wildman–Crippen LogP) is 3.52. The quantitative estimate of drug-likeness (QED) is 0.606. The molecule has 1 aromatic carbocycles. The van der Waals surface area contributed by atoms with Crippen LogP contribution in [-0.4, -0.2) is 48.3 Å². The molecule has 32 heavy (non-hydrogen) atoms. The first-order chi connectivity index (χ1) is 15.4. The van der Waals surface area contributed by atoms with Gasteiger partial charge in [0.1, 0.15) is 5.82 Å². The van der Waals surface area contributed by atoms with E-state index in [0.29, 0.717) is 25.3 Å². The Morgan fingerprint density at radius 1 is 1.03 bits per heavy atom. The second kappa shape index (κ2) is 8.16. The van der Waals surface area contributed by atoms with Crippen molar-refractivity contribution in [2.75, 3.05) is 28.8 Å². The number of pyridine rings is 1. The third kappa shape index (κ3) is 3.62. The van der Waals surface area contributed by atoms with Crippen LogP contribution in [0.1, 0.15) is 29.7 Å². The molecule has 1 fully saturated rings. The van der Waals surface area contributed by atoms with Crippen LogP contribution in [0.5, 0.6) is 0 Å². The summed E-state index contributed by atoms with van der Waals surface area (Å²) >= 11 is 0. The monoisotopic (exact) mass is 449 g/mol. The number of piperidine rings is 1. The zero-order valence-corrected chi connectivity index (χ0v) is 19.2. The lowest BCUT2D eigenvalue weighted by molar-refractivity contribution is 0.526. The van der Waals surface area contributed by atoms with Gasteiger partial charge in [-0.25, -0.2) is 18.4 Å². The smallest absolute Gasteiger partial charge is 0.239 e. The van der Waals surface area contributed by atoms with E-state index in [-0.39, 0.29) is 0 Å². The van der Waals surface area contributed by atoms with Gasteiger partial charge < -0.3 is 4.90 Å². The fourth-order valence-electron chi connectivity index (χ4n) is 4.67. The Morgan fingerprint density at radius 2 is 1.88 bits per heavy atom. The molecule has 166 valence electrons. The van der Waals surface area contributed by atoms with E-state index >= 15 is 0 Å². The summed E-state index contributed by atoms with van der Waals surface area (Å²) in [6, 6.07) is 11.6. The van der Waals surface area contributed by atoms with Crippen molar-refractivity contribution >= 4 is 21.5 Å². The molecule has 3 aromatic rings. The Hall–Kier alpha value is -3.00. The molecule has 2 aliphatic rings. The van der Waals surface area contributed by atoms with E-state index in [4.69, 9.17) is 4.98 Å². The lowest BCUT2D eigenvalue weighted by Gasteiger charge is -2.36. The van der Waals surface area contributed by atoms with E-state index < -0.39 is 15.3 Å². The Labute approximate surface area is 189 Å². The van der Waals surface area contributed by atoms with Gasteiger partial charge >= 0.3 is 0 Å². The fourth-order valence-corrected chi connectivity index (χ4v) is 6.66. The fraction of sp³-hybridized carbons (Fsp3) is 0.375. The molecule has 1 unspecified atom stereocenters. The Kier molecular flexibility index (Phi) is 5.33. The molecule has 0 bridgehead atoms. The number of sulfonamides is 1. The highest BCUT2D eigenvalue weighted by Crippen LogP contribution is 2.34. The number of aromatic nitrogens is 3. The number of anilines is 2. The molecule has 0 amide bonds. The maximum absolute atomic E-state index is 13.6. The van der Waals surface area contributed by atoms with Crippen LogP contribution in [0.2, 0.25) is 0 Å². The summed E-state index contributed by atoms with van der Waals surface area (Å²) in [7, 11) is -3.46. The number of aryl methyl sites for hydroxylation is 1. The second-order valence-corrected chi connectivity index (χ2v) is 10.7. The molecule has 0 aliphatic carbocycles. The van der Waals surface area contributed by atoms with E-state index in [1.807, 2.05) is 50.2 Å². The first kappa shape index (κ1) is 20.9. The van der Waals surface area contributed by atoms with Crippen molar-refractivity contribution in [1.29, 1.82) is 0 Å². The Bertz CT molecular complexity index is 1250. The maximum atomic E-state index is 13.6. The van der Waals surface area contributed by atoms with Gasteiger partial charge in [0.25, 0.3) is 0 Å². The van der Waals surface area contributed by atoms with Crippen molar-refractivity contribution in [2.24, 2.45) is 0 Å². The van der Waals surface area contributed by atoms with E-state index in [1.165, 1.54) is 0 Å². The van der Waals surface area contributed by atoms with Gasteiger partial charge in [0.2, 0.25) is 10.0 Å². The number of para-hydroxylation sites is 1. The minimum Gasteiger partial charge on any atom is -0.355 e. The summed E-state index contributed by atoms with van der Waals surface area (Å²) in [6.07, 6.45) is 5.72. The summed E-state index contributed by atoms with van der Waals surface area (Å²) in [4.78, 5) is 15.8. The van der Waals surface area contributed by atoms with Crippen LogP contribution in [0.15, 0.2) is 48.8 Å². The number of hydrogen-bond acceptors (Lipinski definition) is 6. The van der Waals surface area contributed by atoms with Crippen LogP contribution in [0.3, 0.4) is 0 Å². The third-order valence-corrected chi connectivity index (χ3v) is 8.75. The van der Waals surface area contributed by atoms with E-state index in [2.05, 4.69) is 14.9 Å². The van der Waals surface area contributed by atoms with Crippen LogP contribution < -0.4 is 9.21 Å². The number of rotatable bonds is 4. The van der Waals surface area contributed by atoms with Gasteiger partial charge in [-0.1, -0.05) is 18.2 Å². The van der Waals surface area contributed by atoms with Crippen LogP contribution in [0, 0.1) is 13.8 Å². The molecule has 0 saturated carbocycles. The maximum Gasteiger partial charge on any atom is 0.239 e. The van der Waals surface area contributed by atoms with Crippen LogP contribution in [-0.2, 0) is 16.4 Å². The highest BCUT2D eigenvalue weighted by molar-refractivity contribution is 7.93. The van der Waals surface area contributed by atoms with Crippen LogP contribution in [0.25, 0.3) is 11.4 Å². The van der Waals surface area contributed by atoms with Crippen molar-refractivity contribution in [1.82, 2.24) is 15.0 Å². The van der Waals surface area contributed by atoms with Crippen molar-refractivity contribution in [3.63, 3.8) is 0 Å². The topological polar surface area (TPSA) is 79.3 Å². The van der Waals surface area contributed by atoms with Crippen LogP contribution in [0.4, 0.5) is 11.5 Å². The molecule has 7 nitrogen and oxygen atoms in total. The van der Waals surface area contributed by atoms with Crippen LogP contribution >= 0.6 is 0 Å². The zero-order chi connectivity index (χ0) is 22.3. The SMILES string of the molecule is Cc1nc(-c2cccnc2)nc(N2CCCC(S(=O)(=O)N3CCc4ccccc43)C2)c1C. The van der Waals surface area contributed by atoms with Crippen molar-refractivity contribution < 1.29 is 8.42 Å². The lowest BCUT2D eigenvalue weighted by atomic mass is 10.1. The highest BCUT2D eigenvalue weighted by atomic mass is 32.2. The first-order valence-corrected chi connectivity index (χ1v) is 12.6. The molecule has 8 heteroatoms. The molecule has 0 radical (unpaired) electrons. The Balaban J connectivity index is 1.45. The predicted molar refractivity (Wildman–Crippen MR) is 126 cm³/mol. The third-order valence-electron chi connectivity index (χ3n) is 6.53. The summed E-state index contributed by atoms with van der Waals surface area (Å²) in [5.74, 6) is 1.44. The number of nitrogens with zero attached hydrogens (tertiary/aromatic N) is 5. The van der Waals surface area contributed by atoms with Gasteiger partial charge in [0.15, 0.2) is 5.82 Å².